The van der Waals surface area contributed by atoms with Crippen LogP contribution in [-0.2, 0) is 22.8 Å². The molecule has 2 aromatic carbocycles. The first-order valence-electron chi connectivity index (χ1n) is 12.4. The average Bonchev–Trinajstić information content (AvgIpc) is 3.28. The highest BCUT2D eigenvalue weighted by Crippen LogP contribution is 2.25. The van der Waals surface area contributed by atoms with E-state index in [-0.39, 0.29) is 16.4 Å². The molecule has 2 aromatic heterocycles. The lowest BCUT2D eigenvalue weighted by Gasteiger charge is -2.16. The number of fused-ring (bicyclic) bond motifs is 1. The minimum absolute atomic E-state index is 0.0549. The summed E-state index contributed by atoms with van der Waals surface area (Å²) in [7, 11) is -3.41. The van der Waals surface area contributed by atoms with Crippen molar-refractivity contribution in [2.24, 2.45) is 0 Å². The van der Waals surface area contributed by atoms with Crippen LogP contribution < -0.4 is 10.1 Å². The molecule has 1 atom stereocenters. The number of ether oxygens (including phenoxy) is 1. The number of aromatic nitrogens is 2. The molecule has 0 aliphatic heterocycles. The standard InChI is InChI=1S/C28H29F2N3O5S/c1-3-33-21(13-18-5-8-22(9-6-18)38-28(29)30)15-20-14-19(7-12-26(20)33)27(35)32-25(17-34)24-11-10-23(16-31-24)39(36,37)4-2/h5-12,14-16,25,28,34H,3-4,13,17H2,1-2H3,(H,32,35). The summed E-state index contributed by atoms with van der Waals surface area (Å²) in [5.41, 5.74) is 3.58. The zero-order valence-corrected chi connectivity index (χ0v) is 22.3. The molecule has 0 saturated carbocycles. The molecule has 8 nitrogen and oxygen atoms in total. The van der Waals surface area contributed by atoms with Crippen LogP contribution in [0.4, 0.5) is 8.78 Å². The Balaban J connectivity index is 1.53. The van der Waals surface area contributed by atoms with Crippen LogP contribution in [0.25, 0.3) is 10.9 Å². The molecule has 0 radical (unpaired) electrons. The van der Waals surface area contributed by atoms with E-state index >= 15 is 0 Å². The highest BCUT2D eigenvalue weighted by atomic mass is 32.2. The van der Waals surface area contributed by atoms with Crippen molar-refractivity contribution >= 4 is 26.6 Å². The number of nitrogens with one attached hydrogen (secondary N) is 1. The molecule has 1 unspecified atom stereocenters. The Morgan fingerprint density at radius 1 is 1.08 bits per heavy atom. The molecule has 4 aromatic rings. The van der Waals surface area contributed by atoms with Crippen molar-refractivity contribution in [2.45, 2.75) is 44.4 Å². The van der Waals surface area contributed by atoms with Gasteiger partial charge in [-0.1, -0.05) is 19.1 Å². The first-order valence-corrected chi connectivity index (χ1v) is 14.1. The fraction of sp³-hybridized carbons (Fsp3) is 0.286. The normalized spacial score (nSPS) is 12.6. The molecule has 39 heavy (non-hydrogen) atoms. The number of rotatable bonds is 11. The van der Waals surface area contributed by atoms with Crippen LogP contribution >= 0.6 is 0 Å². The number of benzene rings is 2. The van der Waals surface area contributed by atoms with Gasteiger partial charge in [0.25, 0.3) is 5.91 Å². The number of carbonyl (C=O) groups is 1. The van der Waals surface area contributed by atoms with Crippen LogP contribution in [0.2, 0.25) is 0 Å². The number of alkyl halides is 2. The second-order valence-corrected chi connectivity index (χ2v) is 11.2. The van der Waals surface area contributed by atoms with Crippen molar-refractivity contribution in [1.29, 1.82) is 0 Å². The van der Waals surface area contributed by atoms with Gasteiger partial charge in [0.1, 0.15) is 5.75 Å². The second-order valence-electron chi connectivity index (χ2n) is 8.88. The minimum Gasteiger partial charge on any atom is -0.435 e. The first-order chi connectivity index (χ1) is 18.6. The summed E-state index contributed by atoms with van der Waals surface area (Å²) in [4.78, 5) is 17.3. The second kappa shape index (κ2) is 11.9. The fourth-order valence-corrected chi connectivity index (χ4v) is 5.21. The molecule has 4 rings (SSSR count). The Morgan fingerprint density at radius 3 is 2.41 bits per heavy atom. The number of sulfone groups is 1. The Morgan fingerprint density at radius 2 is 1.82 bits per heavy atom. The SMILES string of the molecule is CCn1c(Cc2ccc(OC(F)F)cc2)cc2cc(C(=O)NC(CO)c3ccc(S(=O)(=O)CC)cn3)ccc21. The van der Waals surface area contributed by atoms with E-state index in [0.717, 1.165) is 22.2 Å². The summed E-state index contributed by atoms with van der Waals surface area (Å²) in [6, 6.07) is 15.9. The van der Waals surface area contributed by atoms with Crippen molar-refractivity contribution in [3.63, 3.8) is 0 Å². The van der Waals surface area contributed by atoms with Crippen molar-refractivity contribution < 1.29 is 31.8 Å². The number of aliphatic hydroxyl groups excluding tert-OH is 1. The first kappa shape index (κ1) is 28.2. The van der Waals surface area contributed by atoms with Crippen molar-refractivity contribution in [3.8, 4) is 5.75 Å². The quantitative estimate of drug-likeness (QED) is 0.281. The van der Waals surface area contributed by atoms with Crippen molar-refractivity contribution in [2.75, 3.05) is 12.4 Å². The van der Waals surface area contributed by atoms with Crippen molar-refractivity contribution in [3.05, 3.63) is 89.4 Å². The van der Waals surface area contributed by atoms with Gasteiger partial charge in [-0.05, 0) is 61.0 Å². The predicted octanol–water partition coefficient (Wildman–Crippen LogP) is 4.51. The van der Waals surface area contributed by atoms with Gasteiger partial charge >= 0.3 is 6.61 Å². The minimum atomic E-state index is -3.41. The molecule has 0 spiro atoms. The van der Waals surface area contributed by atoms with Crippen LogP contribution in [-0.4, -0.2) is 48.0 Å². The smallest absolute Gasteiger partial charge is 0.387 e. The summed E-state index contributed by atoms with van der Waals surface area (Å²) in [5, 5.41) is 13.5. The Kier molecular flexibility index (Phi) is 8.61. The molecule has 0 saturated heterocycles. The van der Waals surface area contributed by atoms with E-state index < -0.39 is 35.0 Å². The predicted molar refractivity (Wildman–Crippen MR) is 143 cm³/mol. The van der Waals surface area contributed by atoms with Crippen LogP contribution in [0, 0.1) is 0 Å². The Labute approximate surface area is 225 Å². The maximum absolute atomic E-state index is 13.0. The fourth-order valence-electron chi connectivity index (χ4n) is 4.39. The maximum Gasteiger partial charge on any atom is 0.387 e. The number of hydrogen-bond acceptors (Lipinski definition) is 6. The number of hydrogen-bond donors (Lipinski definition) is 2. The van der Waals surface area contributed by atoms with Gasteiger partial charge in [0.15, 0.2) is 9.84 Å². The van der Waals surface area contributed by atoms with Gasteiger partial charge in [-0.3, -0.25) is 9.78 Å². The van der Waals surface area contributed by atoms with Crippen LogP contribution in [0.3, 0.4) is 0 Å². The third-order valence-electron chi connectivity index (χ3n) is 6.44. The lowest BCUT2D eigenvalue weighted by molar-refractivity contribution is -0.0498. The number of halogens is 2. The summed E-state index contributed by atoms with van der Waals surface area (Å²) >= 11 is 0. The largest absolute Gasteiger partial charge is 0.435 e. The highest BCUT2D eigenvalue weighted by molar-refractivity contribution is 7.91. The van der Waals surface area contributed by atoms with Gasteiger partial charge in [-0.15, -0.1) is 0 Å². The molecule has 2 heterocycles. The number of pyridine rings is 1. The number of carbonyl (C=O) groups excluding carboxylic acids is 1. The topological polar surface area (TPSA) is 111 Å². The van der Waals surface area contributed by atoms with Crippen LogP contribution in [0.5, 0.6) is 5.75 Å². The lowest BCUT2D eigenvalue weighted by Crippen LogP contribution is -2.31. The molecule has 2 N–H and O–H groups in total. The third-order valence-corrected chi connectivity index (χ3v) is 8.16. The third kappa shape index (κ3) is 6.43. The van der Waals surface area contributed by atoms with E-state index in [1.807, 2.05) is 19.1 Å². The molecular weight excluding hydrogens is 528 g/mol. The van der Waals surface area contributed by atoms with E-state index in [1.165, 1.54) is 30.5 Å². The molecule has 11 heteroatoms. The van der Waals surface area contributed by atoms with E-state index in [1.54, 1.807) is 31.2 Å². The highest BCUT2D eigenvalue weighted by Gasteiger charge is 2.19. The zero-order valence-electron chi connectivity index (χ0n) is 21.5. The maximum atomic E-state index is 13.0. The molecule has 206 valence electrons. The monoisotopic (exact) mass is 557 g/mol. The van der Waals surface area contributed by atoms with Crippen molar-refractivity contribution in [1.82, 2.24) is 14.9 Å². The summed E-state index contributed by atoms with van der Waals surface area (Å²) in [6.45, 7) is 0.954. The molecule has 1 amide bonds. The summed E-state index contributed by atoms with van der Waals surface area (Å²) in [6.07, 6.45) is 1.78. The number of aliphatic hydroxyl groups is 1. The molecule has 0 aliphatic rings. The van der Waals surface area contributed by atoms with E-state index in [9.17, 15) is 27.1 Å². The molecular formula is C28H29F2N3O5S. The molecule has 0 fully saturated rings. The Hall–Kier alpha value is -3.83. The van der Waals surface area contributed by atoms with Gasteiger partial charge < -0.3 is 19.7 Å². The van der Waals surface area contributed by atoms with Gasteiger partial charge in [-0.25, -0.2) is 8.42 Å². The van der Waals surface area contributed by atoms with Crippen LogP contribution in [0.1, 0.15) is 47.2 Å². The van der Waals surface area contributed by atoms with E-state index in [0.29, 0.717) is 24.2 Å². The number of amides is 1. The molecule has 0 bridgehead atoms. The van der Waals surface area contributed by atoms with Gasteiger partial charge in [0.2, 0.25) is 0 Å². The summed E-state index contributed by atoms with van der Waals surface area (Å²) < 4.78 is 55.4. The number of aryl methyl sites for hydroxylation is 1. The average molecular weight is 558 g/mol. The molecule has 0 aliphatic carbocycles. The van der Waals surface area contributed by atoms with Gasteiger partial charge in [0.05, 0.1) is 29.0 Å². The number of nitrogens with zero attached hydrogens (tertiary/aromatic N) is 2. The van der Waals surface area contributed by atoms with Gasteiger partial charge in [-0.2, -0.15) is 8.78 Å². The Bertz CT molecular complexity index is 1550. The van der Waals surface area contributed by atoms with E-state index in [4.69, 9.17) is 0 Å². The van der Waals surface area contributed by atoms with E-state index in [2.05, 4.69) is 19.6 Å². The summed E-state index contributed by atoms with van der Waals surface area (Å²) in [5.74, 6) is -0.372. The van der Waals surface area contributed by atoms with Gasteiger partial charge in [0, 0.05) is 41.3 Å². The lowest BCUT2D eigenvalue weighted by atomic mass is 10.1. The zero-order chi connectivity index (χ0) is 28.2. The van der Waals surface area contributed by atoms with Crippen LogP contribution in [0.15, 0.2) is 71.8 Å².